The van der Waals surface area contributed by atoms with E-state index in [-0.39, 0.29) is 0 Å². The molecule has 2 rings (SSSR count). The lowest BCUT2D eigenvalue weighted by molar-refractivity contribution is 0.221. The summed E-state index contributed by atoms with van der Waals surface area (Å²) >= 11 is 0. The van der Waals surface area contributed by atoms with Crippen LogP contribution in [0, 0.1) is 0 Å². The molecule has 12 heavy (non-hydrogen) atoms. The minimum atomic E-state index is 0.743. The average molecular weight is 166 g/mol. The Balaban J connectivity index is 1.98. The SMILES string of the molecule is C1=C(Cn2cnnn2)CCCO1. The zero-order valence-electron chi connectivity index (χ0n) is 6.68. The number of aromatic nitrogens is 4. The molecule has 5 heteroatoms. The molecule has 0 radical (unpaired) electrons. The molecule has 0 saturated heterocycles. The van der Waals surface area contributed by atoms with Gasteiger partial charge in [-0.2, -0.15) is 0 Å². The smallest absolute Gasteiger partial charge is 0.138 e. The highest BCUT2D eigenvalue weighted by atomic mass is 16.5. The molecule has 0 saturated carbocycles. The molecule has 2 heterocycles. The van der Waals surface area contributed by atoms with E-state index in [1.165, 1.54) is 5.57 Å². The Hall–Kier alpha value is -1.39. The fourth-order valence-electron chi connectivity index (χ4n) is 1.20. The van der Waals surface area contributed by atoms with Crippen molar-refractivity contribution in [1.82, 2.24) is 20.2 Å². The third kappa shape index (κ3) is 1.61. The van der Waals surface area contributed by atoms with Gasteiger partial charge < -0.3 is 4.74 Å². The van der Waals surface area contributed by atoms with Gasteiger partial charge in [-0.1, -0.05) is 0 Å². The molecule has 1 aliphatic rings. The van der Waals surface area contributed by atoms with E-state index < -0.39 is 0 Å². The summed E-state index contributed by atoms with van der Waals surface area (Å²) in [6.07, 6.45) is 5.59. The minimum Gasteiger partial charge on any atom is -0.501 e. The predicted octanol–water partition coefficient (Wildman–Crippen LogP) is 0.367. The Kier molecular flexibility index (Phi) is 2.02. The van der Waals surface area contributed by atoms with Gasteiger partial charge in [-0.25, -0.2) is 4.68 Å². The Bertz CT molecular complexity index is 267. The van der Waals surface area contributed by atoms with Crippen LogP contribution < -0.4 is 0 Å². The second-order valence-corrected chi connectivity index (χ2v) is 2.76. The summed E-state index contributed by atoms with van der Waals surface area (Å²) in [6.45, 7) is 1.58. The largest absolute Gasteiger partial charge is 0.501 e. The number of rotatable bonds is 2. The highest BCUT2D eigenvalue weighted by Crippen LogP contribution is 2.12. The maximum atomic E-state index is 5.19. The van der Waals surface area contributed by atoms with Gasteiger partial charge in [-0.15, -0.1) is 5.10 Å². The molecule has 5 nitrogen and oxygen atoms in total. The molecule has 64 valence electrons. The van der Waals surface area contributed by atoms with Crippen LogP contribution in [0.1, 0.15) is 12.8 Å². The van der Waals surface area contributed by atoms with Gasteiger partial charge in [0.1, 0.15) is 6.33 Å². The summed E-state index contributed by atoms with van der Waals surface area (Å²) in [6, 6.07) is 0. The Labute approximate surface area is 70.0 Å². The van der Waals surface area contributed by atoms with Crippen LogP contribution >= 0.6 is 0 Å². The first-order valence-corrected chi connectivity index (χ1v) is 3.95. The summed E-state index contributed by atoms with van der Waals surface area (Å²) in [5.74, 6) is 0. The van der Waals surface area contributed by atoms with Crippen molar-refractivity contribution in [2.75, 3.05) is 6.61 Å². The molecule has 0 aromatic carbocycles. The van der Waals surface area contributed by atoms with Gasteiger partial charge in [0.15, 0.2) is 0 Å². The van der Waals surface area contributed by atoms with Gasteiger partial charge in [-0.3, -0.25) is 0 Å². The topological polar surface area (TPSA) is 52.8 Å². The van der Waals surface area contributed by atoms with Crippen LogP contribution in [0.4, 0.5) is 0 Å². The van der Waals surface area contributed by atoms with E-state index >= 15 is 0 Å². The van der Waals surface area contributed by atoms with Crippen molar-refractivity contribution in [3.8, 4) is 0 Å². The summed E-state index contributed by atoms with van der Waals surface area (Å²) in [7, 11) is 0. The first kappa shape index (κ1) is 7.27. The highest BCUT2D eigenvalue weighted by molar-refractivity contribution is 4.99. The van der Waals surface area contributed by atoms with Gasteiger partial charge >= 0.3 is 0 Å². The first-order valence-electron chi connectivity index (χ1n) is 3.95. The van der Waals surface area contributed by atoms with E-state index in [0.29, 0.717) is 0 Å². The average Bonchev–Trinajstić information content (AvgIpc) is 2.59. The molecular weight excluding hydrogens is 156 g/mol. The van der Waals surface area contributed by atoms with Gasteiger partial charge in [-0.05, 0) is 28.8 Å². The number of hydrogen-bond acceptors (Lipinski definition) is 4. The van der Waals surface area contributed by atoms with Crippen LogP contribution in [0.5, 0.6) is 0 Å². The quantitative estimate of drug-likeness (QED) is 0.636. The van der Waals surface area contributed by atoms with Crippen LogP contribution in [-0.4, -0.2) is 26.8 Å². The second kappa shape index (κ2) is 3.34. The molecule has 0 spiro atoms. The maximum absolute atomic E-state index is 5.19. The van der Waals surface area contributed by atoms with Crippen LogP contribution in [0.2, 0.25) is 0 Å². The summed E-state index contributed by atoms with van der Waals surface area (Å²) in [5.41, 5.74) is 1.24. The Morgan fingerprint density at radius 2 is 2.58 bits per heavy atom. The second-order valence-electron chi connectivity index (χ2n) is 2.76. The highest BCUT2D eigenvalue weighted by Gasteiger charge is 2.05. The lowest BCUT2D eigenvalue weighted by Crippen LogP contribution is -2.07. The molecule has 0 unspecified atom stereocenters. The molecule has 0 bridgehead atoms. The van der Waals surface area contributed by atoms with Crippen LogP contribution in [-0.2, 0) is 11.3 Å². The lowest BCUT2D eigenvalue weighted by atomic mass is 10.1. The monoisotopic (exact) mass is 166 g/mol. The standard InChI is InChI=1S/C7H10N4O/c1-2-7(5-12-3-1)4-11-6-8-9-10-11/h5-6H,1-4H2. The van der Waals surface area contributed by atoms with Crippen LogP contribution in [0.15, 0.2) is 18.2 Å². The van der Waals surface area contributed by atoms with Crippen molar-refractivity contribution in [3.05, 3.63) is 18.2 Å². The van der Waals surface area contributed by atoms with E-state index in [9.17, 15) is 0 Å². The molecule has 1 aromatic heterocycles. The van der Waals surface area contributed by atoms with E-state index in [4.69, 9.17) is 4.74 Å². The lowest BCUT2D eigenvalue weighted by Gasteiger charge is -2.12. The summed E-state index contributed by atoms with van der Waals surface area (Å²) in [4.78, 5) is 0. The predicted molar refractivity (Wildman–Crippen MR) is 41.1 cm³/mol. The van der Waals surface area contributed by atoms with Crippen LogP contribution in [0.25, 0.3) is 0 Å². The third-order valence-corrected chi connectivity index (χ3v) is 1.77. The summed E-state index contributed by atoms with van der Waals surface area (Å²) < 4.78 is 6.88. The van der Waals surface area contributed by atoms with E-state index in [0.717, 1.165) is 26.0 Å². The number of tetrazole rings is 1. The molecular formula is C7H10N4O. The zero-order chi connectivity index (χ0) is 8.23. The molecule has 0 fully saturated rings. The van der Waals surface area contributed by atoms with Crippen molar-refractivity contribution in [1.29, 1.82) is 0 Å². The Morgan fingerprint density at radius 3 is 3.25 bits per heavy atom. The normalized spacial score (nSPS) is 16.8. The summed E-state index contributed by atoms with van der Waals surface area (Å²) in [5, 5.41) is 10.9. The molecule has 1 aliphatic heterocycles. The van der Waals surface area contributed by atoms with Crippen LogP contribution in [0.3, 0.4) is 0 Å². The molecule has 1 aromatic rings. The maximum Gasteiger partial charge on any atom is 0.138 e. The van der Waals surface area contributed by atoms with E-state index in [2.05, 4.69) is 15.5 Å². The number of hydrogen-bond donors (Lipinski definition) is 0. The van der Waals surface area contributed by atoms with Crippen molar-refractivity contribution >= 4 is 0 Å². The molecule has 0 atom stereocenters. The molecule has 0 aliphatic carbocycles. The fourth-order valence-corrected chi connectivity index (χ4v) is 1.20. The van der Waals surface area contributed by atoms with Crippen molar-refractivity contribution in [2.45, 2.75) is 19.4 Å². The van der Waals surface area contributed by atoms with E-state index in [1.807, 2.05) is 6.26 Å². The number of allylic oxidation sites excluding steroid dienone is 1. The van der Waals surface area contributed by atoms with Gasteiger partial charge in [0.25, 0.3) is 0 Å². The van der Waals surface area contributed by atoms with Gasteiger partial charge in [0.05, 0.1) is 19.4 Å². The van der Waals surface area contributed by atoms with Crippen molar-refractivity contribution in [2.24, 2.45) is 0 Å². The molecule has 0 amide bonds. The third-order valence-electron chi connectivity index (χ3n) is 1.77. The van der Waals surface area contributed by atoms with Crippen molar-refractivity contribution < 1.29 is 4.74 Å². The van der Waals surface area contributed by atoms with Gasteiger partial charge in [0, 0.05) is 0 Å². The fraction of sp³-hybridized carbons (Fsp3) is 0.571. The molecule has 0 N–H and O–H groups in total. The minimum absolute atomic E-state index is 0.743. The Morgan fingerprint density at radius 1 is 1.58 bits per heavy atom. The number of ether oxygens (including phenoxy) is 1. The van der Waals surface area contributed by atoms with Gasteiger partial charge in [0.2, 0.25) is 0 Å². The van der Waals surface area contributed by atoms with E-state index in [1.54, 1.807) is 11.0 Å². The first-order chi connectivity index (χ1) is 5.95. The zero-order valence-corrected chi connectivity index (χ0v) is 6.68. The number of nitrogens with zero attached hydrogens (tertiary/aromatic N) is 4. The van der Waals surface area contributed by atoms with Crippen molar-refractivity contribution in [3.63, 3.8) is 0 Å².